The molecule has 0 aromatic heterocycles. The molecule has 0 radical (unpaired) electrons. The third kappa shape index (κ3) is 7.03. The van der Waals surface area contributed by atoms with Crippen LogP contribution in [0.1, 0.15) is 70.0 Å². The van der Waals surface area contributed by atoms with E-state index >= 15 is 0 Å². The molecule has 4 rings (SSSR count). The van der Waals surface area contributed by atoms with Crippen LogP contribution in [0.3, 0.4) is 0 Å². The summed E-state index contributed by atoms with van der Waals surface area (Å²) in [7, 11) is 0. The molecule has 1 aliphatic heterocycles. The number of unbranched alkanes of at least 4 members (excludes halogenated alkanes) is 1. The van der Waals surface area contributed by atoms with Crippen molar-refractivity contribution in [2.24, 2.45) is 0 Å². The number of hydrogen-bond donors (Lipinski definition) is 1. The summed E-state index contributed by atoms with van der Waals surface area (Å²) >= 11 is 0. The molecule has 3 aromatic rings. The first-order valence-corrected chi connectivity index (χ1v) is 14.0. The number of carbonyl (C=O) groups excluding carboxylic acids is 4. The van der Waals surface area contributed by atoms with Crippen LogP contribution in [0.2, 0.25) is 0 Å². The molecule has 1 N–H and O–H groups in total. The molecule has 0 bridgehead atoms. The van der Waals surface area contributed by atoms with Gasteiger partial charge in [-0.15, -0.1) is 0 Å². The molecular formula is C33H37N3O4. The van der Waals surface area contributed by atoms with E-state index in [1.54, 1.807) is 29.2 Å². The van der Waals surface area contributed by atoms with Gasteiger partial charge in [-0.05, 0) is 43.0 Å². The molecule has 7 heteroatoms. The predicted molar refractivity (Wildman–Crippen MR) is 155 cm³/mol. The van der Waals surface area contributed by atoms with Gasteiger partial charge >= 0.3 is 0 Å². The Morgan fingerprint density at radius 3 is 2.08 bits per heavy atom. The summed E-state index contributed by atoms with van der Waals surface area (Å²) in [6, 6.07) is 23.7. The van der Waals surface area contributed by atoms with E-state index in [0.717, 1.165) is 29.5 Å². The maximum absolute atomic E-state index is 13.8. The number of nitrogens with zero attached hydrogens (tertiary/aromatic N) is 2. The van der Waals surface area contributed by atoms with Gasteiger partial charge in [0.1, 0.15) is 6.04 Å². The topological polar surface area (TPSA) is 86.8 Å². The number of aryl methyl sites for hydroxylation is 1. The first kappa shape index (κ1) is 28.7. The van der Waals surface area contributed by atoms with Crippen LogP contribution in [0, 0.1) is 6.92 Å². The lowest BCUT2D eigenvalue weighted by molar-refractivity contribution is -0.141. The van der Waals surface area contributed by atoms with Gasteiger partial charge in [0.15, 0.2) is 0 Å². The van der Waals surface area contributed by atoms with E-state index in [9.17, 15) is 19.2 Å². The summed E-state index contributed by atoms with van der Waals surface area (Å²) < 4.78 is 0. The molecule has 208 valence electrons. The first-order chi connectivity index (χ1) is 19.4. The second-order valence-electron chi connectivity index (χ2n) is 10.3. The van der Waals surface area contributed by atoms with Gasteiger partial charge in [-0.3, -0.25) is 24.1 Å². The number of hydrogen-bond acceptors (Lipinski definition) is 4. The molecule has 0 saturated carbocycles. The zero-order valence-corrected chi connectivity index (χ0v) is 23.3. The van der Waals surface area contributed by atoms with Crippen molar-refractivity contribution in [1.29, 1.82) is 0 Å². The van der Waals surface area contributed by atoms with E-state index in [1.165, 1.54) is 4.90 Å². The van der Waals surface area contributed by atoms with Gasteiger partial charge in [-0.1, -0.05) is 85.6 Å². The minimum absolute atomic E-state index is 0.104. The number of imide groups is 1. The summed E-state index contributed by atoms with van der Waals surface area (Å²) in [5.41, 5.74) is 3.79. The van der Waals surface area contributed by atoms with E-state index in [1.807, 2.05) is 61.5 Å². The Bertz CT molecular complexity index is 1300. The standard InChI is InChI=1S/C33H37N3O4/c1-3-4-20-34-31(38)29(22-25-11-6-5-7-12-25)36(23-26-18-16-24(2)17-19-26)30(37)15-10-21-35-32(39)27-13-8-9-14-28(27)33(35)40/h5-9,11-14,16-19,29H,3-4,10,15,20-23H2,1-2H3,(H,34,38). The fourth-order valence-corrected chi connectivity index (χ4v) is 4.92. The van der Waals surface area contributed by atoms with E-state index in [4.69, 9.17) is 0 Å². The Balaban J connectivity index is 1.53. The fraction of sp³-hybridized carbons (Fsp3) is 0.333. The van der Waals surface area contributed by atoms with Crippen molar-refractivity contribution in [3.8, 4) is 0 Å². The lowest BCUT2D eigenvalue weighted by atomic mass is 10.0. The molecule has 0 spiro atoms. The highest BCUT2D eigenvalue weighted by molar-refractivity contribution is 6.21. The lowest BCUT2D eigenvalue weighted by Gasteiger charge is -2.32. The van der Waals surface area contributed by atoms with Crippen LogP contribution in [0.5, 0.6) is 0 Å². The summed E-state index contributed by atoms with van der Waals surface area (Å²) in [6.07, 6.45) is 2.61. The second kappa shape index (κ2) is 13.7. The van der Waals surface area contributed by atoms with Gasteiger partial charge in [-0.2, -0.15) is 0 Å². The zero-order chi connectivity index (χ0) is 28.5. The number of fused-ring (bicyclic) bond motifs is 1. The number of carbonyl (C=O) groups is 4. The van der Waals surface area contributed by atoms with Crippen molar-refractivity contribution in [2.45, 2.75) is 58.5 Å². The third-order valence-corrected chi connectivity index (χ3v) is 7.22. The summed E-state index contributed by atoms with van der Waals surface area (Å²) in [5, 5.41) is 3.03. The van der Waals surface area contributed by atoms with Crippen LogP contribution in [0.4, 0.5) is 0 Å². The Kier molecular flexibility index (Phi) is 9.84. The fourth-order valence-electron chi connectivity index (χ4n) is 4.92. The second-order valence-corrected chi connectivity index (χ2v) is 10.3. The Labute approximate surface area is 236 Å². The van der Waals surface area contributed by atoms with Crippen molar-refractivity contribution in [3.63, 3.8) is 0 Å². The van der Waals surface area contributed by atoms with Gasteiger partial charge in [-0.25, -0.2) is 0 Å². The van der Waals surface area contributed by atoms with Crippen molar-refractivity contribution in [2.75, 3.05) is 13.1 Å². The molecule has 4 amide bonds. The van der Waals surface area contributed by atoms with E-state index in [2.05, 4.69) is 12.2 Å². The number of rotatable bonds is 13. The largest absolute Gasteiger partial charge is 0.354 e. The first-order valence-electron chi connectivity index (χ1n) is 14.0. The highest BCUT2D eigenvalue weighted by Crippen LogP contribution is 2.23. The minimum atomic E-state index is -0.702. The van der Waals surface area contributed by atoms with Gasteiger partial charge < -0.3 is 10.2 Å². The molecule has 3 aromatic carbocycles. The maximum Gasteiger partial charge on any atom is 0.261 e. The van der Waals surface area contributed by atoms with Gasteiger partial charge in [0, 0.05) is 32.5 Å². The Morgan fingerprint density at radius 2 is 1.45 bits per heavy atom. The molecule has 0 saturated heterocycles. The third-order valence-electron chi connectivity index (χ3n) is 7.22. The van der Waals surface area contributed by atoms with E-state index in [-0.39, 0.29) is 43.1 Å². The van der Waals surface area contributed by atoms with Crippen LogP contribution in [0.25, 0.3) is 0 Å². The van der Waals surface area contributed by atoms with E-state index < -0.39 is 6.04 Å². The van der Waals surface area contributed by atoms with Crippen molar-refractivity contribution < 1.29 is 19.2 Å². The van der Waals surface area contributed by atoms with Gasteiger partial charge in [0.25, 0.3) is 11.8 Å². The molecule has 40 heavy (non-hydrogen) atoms. The van der Waals surface area contributed by atoms with Gasteiger partial charge in [0.2, 0.25) is 11.8 Å². The SMILES string of the molecule is CCCCNC(=O)C(Cc1ccccc1)N(Cc1ccc(C)cc1)C(=O)CCCN1C(=O)c2ccccc2C1=O. The quantitative estimate of drug-likeness (QED) is 0.247. The van der Waals surface area contributed by atoms with E-state index in [0.29, 0.717) is 30.5 Å². The Hall–Kier alpha value is -4.26. The average Bonchev–Trinajstić information content (AvgIpc) is 3.21. The number of benzene rings is 3. The molecule has 1 atom stereocenters. The molecule has 1 heterocycles. The molecule has 0 fully saturated rings. The normalized spacial score (nSPS) is 13.2. The monoisotopic (exact) mass is 539 g/mol. The molecule has 7 nitrogen and oxygen atoms in total. The summed E-state index contributed by atoms with van der Waals surface area (Å²) in [6.45, 7) is 5.04. The number of amides is 4. The van der Waals surface area contributed by atoms with Crippen LogP contribution in [-0.4, -0.2) is 52.6 Å². The van der Waals surface area contributed by atoms with Crippen LogP contribution < -0.4 is 5.32 Å². The molecule has 1 aliphatic rings. The van der Waals surface area contributed by atoms with Gasteiger partial charge in [0.05, 0.1) is 11.1 Å². The van der Waals surface area contributed by atoms with Crippen molar-refractivity contribution in [1.82, 2.24) is 15.1 Å². The van der Waals surface area contributed by atoms with Crippen LogP contribution in [0.15, 0.2) is 78.9 Å². The summed E-state index contributed by atoms with van der Waals surface area (Å²) in [4.78, 5) is 55.7. The Morgan fingerprint density at radius 1 is 0.825 bits per heavy atom. The lowest BCUT2D eigenvalue weighted by Crippen LogP contribution is -2.50. The van der Waals surface area contributed by atoms with Crippen LogP contribution >= 0.6 is 0 Å². The number of nitrogens with one attached hydrogen (secondary N) is 1. The molecular weight excluding hydrogens is 502 g/mol. The highest BCUT2D eigenvalue weighted by Gasteiger charge is 2.35. The molecule has 0 aliphatic carbocycles. The van der Waals surface area contributed by atoms with Crippen molar-refractivity contribution >= 4 is 23.6 Å². The maximum atomic E-state index is 13.8. The summed E-state index contributed by atoms with van der Waals surface area (Å²) in [5.74, 6) is -1.04. The highest BCUT2D eigenvalue weighted by atomic mass is 16.2. The average molecular weight is 540 g/mol. The predicted octanol–water partition coefficient (Wildman–Crippen LogP) is 4.93. The van der Waals surface area contributed by atoms with Crippen molar-refractivity contribution in [3.05, 3.63) is 107 Å². The van der Waals surface area contributed by atoms with Crippen LogP contribution in [-0.2, 0) is 22.6 Å². The smallest absolute Gasteiger partial charge is 0.261 e. The molecule has 1 unspecified atom stereocenters. The minimum Gasteiger partial charge on any atom is -0.354 e. The zero-order valence-electron chi connectivity index (χ0n) is 23.3.